The number of phenols is 1. The van der Waals surface area contributed by atoms with E-state index in [4.69, 9.17) is 0 Å². The van der Waals surface area contributed by atoms with Gasteiger partial charge in [-0.3, -0.25) is 4.79 Å². The third-order valence-corrected chi connectivity index (χ3v) is 4.12. The molecular formula is C20H16N4O2. The number of nitrogens with zero attached hydrogens (tertiary/aromatic N) is 3. The lowest BCUT2D eigenvalue weighted by Gasteiger charge is -2.08. The summed E-state index contributed by atoms with van der Waals surface area (Å²) >= 11 is 0. The monoisotopic (exact) mass is 344 g/mol. The molecule has 4 aromatic rings. The van der Waals surface area contributed by atoms with Crippen LogP contribution in [0.2, 0.25) is 0 Å². The number of phenolic OH excluding ortho intramolecular Hbond substituents is 1. The van der Waals surface area contributed by atoms with Gasteiger partial charge in [0.05, 0.1) is 17.7 Å². The number of carbonyl (C=O) groups excluding carboxylic acids is 1. The highest BCUT2D eigenvalue weighted by Gasteiger charge is 2.09. The molecule has 4 rings (SSSR count). The van der Waals surface area contributed by atoms with Crippen LogP contribution < -0.4 is 5.32 Å². The average Bonchev–Trinajstić information content (AvgIpc) is 3.07. The number of aromatic hydroxyl groups is 1. The minimum atomic E-state index is -0.274. The highest BCUT2D eigenvalue weighted by Crippen LogP contribution is 2.22. The number of nitrogens with one attached hydrogen (secondary N) is 1. The summed E-state index contributed by atoms with van der Waals surface area (Å²) in [5.41, 5.74) is 3.73. The van der Waals surface area contributed by atoms with Gasteiger partial charge in [0.2, 0.25) is 0 Å². The summed E-state index contributed by atoms with van der Waals surface area (Å²) in [6, 6.07) is 21.7. The van der Waals surface area contributed by atoms with Gasteiger partial charge in [-0.2, -0.15) is 0 Å². The van der Waals surface area contributed by atoms with Gasteiger partial charge in [-0.25, -0.2) is 4.68 Å². The van der Waals surface area contributed by atoms with Crippen LogP contribution in [0.5, 0.6) is 5.75 Å². The number of amides is 1. The van der Waals surface area contributed by atoms with E-state index in [2.05, 4.69) is 15.6 Å². The number of anilines is 1. The molecule has 0 atom stereocenters. The summed E-state index contributed by atoms with van der Waals surface area (Å²) < 4.78 is 1.83. The van der Waals surface area contributed by atoms with E-state index in [9.17, 15) is 9.90 Å². The Kier molecular flexibility index (Phi) is 4.07. The first kappa shape index (κ1) is 15.8. The van der Waals surface area contributed by atoms with Gasteiger partial charge in [-0.05, 0) is 42.0 Å². The fourth-order valence-corrected chi connectivity index (χ4v) is 2.74. The smallest absolute Gasteiger partial charge is 0.255 e. The summed E-state index contributed by atoms with van der Waals surface area (Å²) in [4.78, 5) is 12.3. The normalized spacial score (nSPS) is 10.8. The Bertz CT molecular complexity index is 1070. The van der Waals surface area contributed by atoms with Crippen LogP contribution in [0.15, 0.2) is 72.8 Å². The summed E-state index contributed by atoms with van der Waals surface area (Å²) in [5, 5.41) is 20.8. The Labute approximate surface area is 149 Å². The lowest BCUT2D eigenvalue weighted by Crippen LogP contribution is -2.12. The van der Waals surface area contributed by atoms with Crippen LogP contribution >= 0.6 is 0 Å². The number of benzene rings is 3. The molecule has 2 N–H and O–H groups in total. The predicted octanol–water partition coefficient (Wildman–Crippen LogP) is 3.44. The number of hydrogen-bond donors (Lipinski definition) is 2. The first-order valence-corrected chi connectivity index (χ1v) is 8.17. The summed E-state index contributed by atoms with van der Waals surface area (Å²) in [6.07, 6.45) is 0. The zero-order valence-corrected chi connectivity index (χ0v) is 13.8. The fourth-order valence-electron chi connectivity index (χ4n) is 2.74. The molecule has 0 aliphatic heterocycles. The number of para-hydroxylation sites is 3. The third kappa shape index (κ3) is 3.12. The molecule has 1 amide bonds. The van der Waals surface area contributed by atoms with Crippen molar-refractivity contribution in [3.8, 4) is 5.75 Å². The van der Waals surface area contributed by atoms with Crippen LogP contribution in [0.1, 0.15) is 15.9 Å². The SMILES string of the molecule is O=C(Nc1ccccc1O)c1ccc(Cn2nnc3ccccc32)cc1. The molecule has 0 spiro atoms. The van der Waals surface area contributed by atoms with Crippen molar-refractivity contribution in [3.05, 3.63) is 83.9 Å². The number of carbonyl (C=O) groups is 1. The van der Waals surface area contributed by atoms with Gasteiger partial charge in [0.25, 0.3) is 5.91 Å². The van der Waals surface area contributed by atoms with Gasteiger partial charge in [0, 0.05) is 5.56 Å². The molecule has 0 aliphatic rings. The molecule has 1 aromatic heterocycles. The molecule has 0 aliphatic carbocycles. The van der Waals surface area contributed by atoms with Crippen LogP contribution in [0, 0.1) is 0 Å². The van der Waals surface area contributed by atoms with E-state index in [-0.39, 0.29) is 11.7 Å². The van der Waals surface area contributed by atoms with Crippen molar-refractivity contribution in [2.24, 2.45) is 0 Å². The largest absolute Gasteiger partial charge is 0.506 e. The Morgan fingerprint density at radius 2 is 1.69 bits per heavy atom. The maximum Gasteiger partial charge on any atom is 0.255 e. The zero-order valence-electron chi connectivity index (χ0n) is 13.8. The lowest BCUT2D eigenvalue weighted by atomic mass is 10.1. The molecule has 0 radical (unpaired) electrons. The van der Waals surface area contributed by atoms with Crippen molar-refractivity contribution in [1.29, 1.82) is 0 Å². The van der Waals surface area contributed by atoms with Crippen LogP contribution in [0.25, 0.3) is 11.0 Å². The van der Waals surface area contributed by atoms with Crippen LogP contribution in [-0.4, -0.2) is 26.0 Å². The highest BCUT2D eigenvalue weighted by atomic mass is 16.3. The minimum absolute atomic E-state index is 0.0375. The molecule has 3 aromatic carbocycles. The Hall–Kier alpha value is -3.67. The predicted molar refractivity (Wildman–Crippen MR) is 99.1 cm³/mol. The molecule has 6 heteroatoms. The molecule has 0 saturated heterocycles. The summed E-state index contributed by atoms with van der Waals surface area (Å²) in [7, 11) is 0. The molecule has 0 saturated carbocycles. The number of hydrogen-bond acceptors (Lipinski definition) is 4. The van der Waals surface area contributed by atoms with E-state index in [0.717, 1.165) is 16.6 Å². The van der Waals surface area contributed by atoms with E-state index < -0.39 is 0 Å². The standard InChI is InChI=1S/C20H16N4O2/c25-19-8-4-2-6-17(19)21-20(26)15-11-9-14(10-12-15)13-24-18-7-3-1-5-16(18)22-23-24/h1-12,25H,13H2,(H,21,26). The third-order valence-electron chi connectivity index (χ3n) is 4.12. The summed E-state index contributed by atoms with van der Waals surface area (Å²) in [6.45, 7) is 0.571. The topological polar surface area (TPSA) is 80.0 Å². The fraction of sp³-hybridized carbons (Fsp3) is 0.0500. The van der Waals surface area contributed by atoms with E-state index in [1.807, 2.05) is 41.1 Å². The van der Waals surface area contributed by atoms with Gasteiger partial charge < -0.3 is 10.4 Å². The van der Waals surface area contributed by atoms with Crippen LogP contribution in [-0.2, 0) is 6.54 Å². The highest BCUT2D eigenvalue weighted by molar-refractivity contribution is 6.05. The van der Waals surface area contributed by atoms with Crippen molar-refractivity contribution in [1.82, 2.24) is 15.0 Å². The maximum atomic E-state index is 12.3. The van der Waals surface area contributed by atoms with Crippen molar-refractivity contribution >= 4 is 22.6 Å². The van der Waals surface area contributed by atoms with Crippen molar-refractivity contribution < 1.29 is 9.90 Å². The van der Waals surface area contributed by atoms with Crippen LogP contribution in [0.3, 0.4) is 0 Å². The van der Waals surface area contributed by atoms with E-state index in [1.165, 1.54) is 6.07 Å². The number of rotatable bonds is 4. The van der Waals surface area contributed by atoms with E-state index >= 15 is 0 Å². The van der Waals surface area contributed by atoms with Gasteiger partial charge in [-0.15, -0.1) is 5.10 Å². The molecule has 1 heterocycles. The van der Waals surface area contributed by atoms with Gasteiger partial charge in [0.15, 0.2) is 0 Å². The van der Waals surface area contributed by atoms with Crippen molar-refractivity contribution in [3.63, 3.8) is 0 Å². The quantitative estimate of drug-likeness (QED) is 0.556. The maximum absolute atomic E-state index is 12.3. The Morgan fingerprint density at radius 3 is 2.50 bits per heavy atom. The van der Waals surface area contributed by atoms with E-state index in [1.54, 1.807) is 30.3 Å². The van der Waals surface area contributed by atoms with Crippen molar-refractivity contribution in [2.75, 3.05) is 5.32 Å². The molecule has 6 nitrogen and oxygen atoms in total. The van der Waals surface area contributed by atoms with Gasteiger partial charge in [0.1, 0.15) is 11.3 Å². The molecule has 0 unspecified atom stereocenters. The number of aromatic nitrogens is 3. The molecule has 128 valence electrons. The van der Waals surface area contributed by atoms with Gasteiger partial charge in [-0.1, -0.05) is 41.6 Å². The molecule has 26 heavy (non-hydrogen) atoms. The lowest BCUT2D eigenvalue weighted by molar-refractivity contribution is 0.102. The molecule has 0 bridgehead atoms. The van der Waals surface area contributed by atoms with Crippen molar-refractivity contribution in [2.45, 2.75) is 6.54 Å². The first-order chi connectivity index (χ1) is 12.7. The summed E-state index contributed by atoms with van der Waals surface area (Å²) in [5.74, 6) is -0.236. The van der Waals surface area contributed by atoms with Crippen LogP contribution in [0.4, 0.5) is 5.69 Å². The second kappa shape index (κ2) is 6.68. The zero-order chi connectivity index (χ0) is 17.9. The molecule has 0 fully saturated rings. The number of fused-ring (bicyclic) bond motifs is 1. The minimum Gasteiger partial charge on any atom is -0.506 e. The Balaban J connectivity index is 1.50. The second-order valence-corrected chi connectivity index (χ2v) is 5.90. The van der Waals surface area contributed by atoms with E-state index in [0.29, 0.717) is 17.8 Å². The second-order valence-electron chi connectivity index (χ2n) is 5.90. The Morgan fingerprint density at radius 1 is 0.962 bits per heavy atom. The first-order valence-electron chi connectivity index (χ1n) is 8.17. The molecular weight excluding hydrogens is 328 g/mol. The average molecular weight is 344 g/mol. The van der Waals surface area contributed by atoms with Gasteiger partial charge >= 0.3 is 0 Å².